The molecule has 1 heterocycles. The van der Waals surface area contributed by atoms with E-state index in [0.29, 0.717) is 12.1 Å². The van der Waals surface area contributed by atoms with Crippen molar-refractivity contribution in [3.8, 4) is 5.75 Å². The monoisotopic (exact) mass is 267 g/mol. The summed E-state index contributed by atoms with van der Waals surface area (Å²) < 4.78 is 0. The fourth-order valence-corrected chi connectivity index (χ4v) is 2.64. The van der Waals surface area contributed by atoms with Crippen molar-refractivity contribution in [2.75, 3.05) is 6.54 Å². The number of rotatable bonds is 2. The molecule has 2 aromatic rings. The molecule has 0 aromatic heterocycles. The van der Waals surface area contributed by atoms with Gasteiger partial charge in [0.05, 0.1) is 6.42 Å². The number of nitrogens with zero attached hydrogens (tertiary/aromatic N) is 1. The van der Waals surface area contributed by atoms with Crippen LogP contribution in [-0.2, 0) is 24.2 Å². The van der Waals surface area contributed by atoms with E-state index in [1.807, 2.05) is 23.1 Å². The number of aromatic hydroxyl groups is 1. The maximum absolute atomic E-state index is 12.3. The van der Waals surface area contributed by atoms with Gasteiger partial charge in [0.25, 0.3) is 0 Å². The highest BCUT2D eigenvalue weighted by Crippen LogP contribution is 2.21. The van der Waals surface area contributed by atoms with E-state index in [2.05, 4.69) is 12.1 Å². The first-order chi connectivity index (χ1) is 9.74. The number of carbonyl (C=O) groups is 1. The Morgan fingerprint density at radius 2 is 1.75 bits per heavy atom. The average molecular weight is 267 g/mol. The topological polar surface area (TPSA) is 40.5 Å². The number of benzene rings is 2. The van der Waals surface area contributed by atoms with E-state index in [4.69, 9.17) is 0 Å². The van der Waals surface area contributed by atoms with Crippen molar-refractivity contribution >= 4 is 5.91 Å². The van der Waals surface area contributed by atoms with Gasteiger partial charge in [-0.05, 0) is 23.6 Å². The molecule has 1 aliphatic rings. The van der Waals surface area contributed by atoms with E-state index in [1.54, 1.807) is 18.2 Å². The van der Waals surface area contributed by atoms with Crippen LogP contribution in [0.1, 0.15) is 16.7 Å². The van der Waals surface area contributed by atoms with Gasteiger partial charge in [-0.3, -0.25) is 4.79 Å². The predicted octanol–water partition coefficient (Wildman–Crippen LogP) is 2.52. The predicted molar refractivity (Wildman–Crippen MR) is 77.4 cm³/mol. The maximum atomic E-state index is 12.3. The summed E-state index contributed by atoms with van der Waals surface area (Å²) in [5.41, 5.74) is 3.25. The smallest absolute Gasteiger partial charge is 0.227 e. The summed E-state index contributed by atoms with van der Waals surface area (Å²) in [6.07, 6.45) is 1.16. The zero-order chi connectivity index (χ0) is 13.9. The Bertz CT molecular complexity index is 636. The van der Waals surface area contributed by atoms with Crippen molar-refractivity contribution < 1.29 is 9.90 Å². The Labute approximate surface area is 118 Å². The van der Waals surface area contributed by atoms with Gasteiger partial charge in [0.1, 0.15) is 5.75 Å². The molecule has 2 aromatic carbocycles. The van der Waals surface area contributed by atoms with Crippen molar-refractivity contribution in [2.24, 2.45) is 0 Å². The largest absolute Gasteiger partial charge is 0.508 e. The van der Waals surface area contributed by atoms with Gasteiger partial charge in [-0.15, -0.1) is 0 Å². The van der Waals surface area contributed by atoms with Crippen molar-refractivity contribution in [1.82, 2.24) is 4.90 Å². The summed E-state index contributed by atoms with van der Waals surface area (Å²) in [6.45, 7) is 1.42. The third kappa shape index (κ3) is 2.52. The molecule has 1 aliphatic heterocycles. The van der Waals surface area contributed by atoms with E-state index in [0.717, 1.165) is 13.0 Å². The van der Waals surface area contributed by atoms with Gasteiger partial charge in [0.2, 0.25) is 5.91 Å². The van der Waals surface area contributed by atoms with E-state index in [1.165, 1.54) is 11.1 Å². The summed E-state index contributed by atoms with van der Waals surface area (Å²) in [4.78, 5) is 14.2. The number of para-hydroxylation sites is 1. The Morgan fingerprint density at radius 3 is 2.55 bits per heavy atom. The number of phenols is 1. The third-order valence-electron chi connectivity index (χ3n) is 3.82. The molecule has 3 nitrogen and oxygen atoms in total. The molecule has 3 heteroatoms. The highest BCUT2D eigenvalue weighted by atomic mass is 16.3. The second-order valence-corrected chi connectivity index (χ2v) is 5.14. The number of fused-ring (bicyclic) bond motifs is 1. The summed E-state index contributed by atoms with van der Waals surface area (Å²) in [7, 11) is 0. The molecule has 0 saturated carbocycles. The van der Waals surface area contributed by atoms with Crippen molar-refractivity contribution in [1.29, 1.82) is 0 Å². The average Bonchev–Trinajstić information content (AvgIpc) is 2.49. The molecule has 0 unspecified atom stereocenters. The first kappa shape index (κ1) is 12.7. The number of hydrogen-bond acceptors (Lipinski definition) is 2. The standard InChI is InChI=1S/C17H17NO2/c19-16-8-4-3-6-14(16)11-17(20)18-10-9-13-5-1-2-7-15(13)12-18/h1-8,19H,9-12H2. The van der Waals surface area contributed by atoms with Gasteiger partial charge in [-0.25, -0.2) is 0 Å². The lowest BCUT2D eigenvalue weighted by molar-refractivity contribution is -0.131. The summed E-state index contributed by atoms with van der Waals surface area (Å²) >= 11 is 0. The molecule has 3 rings (SSSR count). The van der Waals surface area contributed by atoms with E-state index < -0.39 is 0 Å². The Morgan fingerprint density at radius 1 is 1.05 bits per heavy atom. The lowest BCUT2D eigenvalue weighted by Crippen LogP contribution is -2.36. The summed E-state index contributed by atoms with van der Waals surface area (Å²) in [5, 5.41) is 9.74. The van der Waals surface area contributed by atoms with Gasteiger partial charge in [-0.2, -0.15) is 0 Å². The highest BCUT2D eigenvalue weighted by molar-refractivity contribution is 5.79. The second kappa shape index (κ2) is 5.37. The van der Waals surface area contributed by atoms with E-state index in [9.17, 15) is 9.90 Å². The van der Waals surface area contributed by atoms with Crippen LogP contribution in [0.4, 0.5) is 0 Å². The van der Waals surface area contributed by atoms with Crippen LogP contribution < -0.4 is 0 Å². The van der Waals surface area contributed by atoms with Crippen LogP contribution in [0.3, 0.4) is 0 Å². The number of phenolic OH excluding ortho intramolecular Hbond substituents is 1. The summed E-state index contributed by atoms with van der Waals surface area (Å²) in [5.74, 6) is 0.263. The van der Waals surface area contributed by atoms with Gasteiger partial charge >= 0.3 is 0 Å². The molecule has 0 bridgehead atoms. The zero-order valence-corrected chi connectivity index (χ0v) is 11.2. The Kier molecular flexibility index (Phi) is 3.42. The zero-order valence-electron chi connectivity index (χ0n) is 11.2. The quantitative estimate of drug-likeness (QED) is 0.908. The fourth-order valence-electron chi connectivity index (χ4n) is 2.64. The molecule has 102 valence electrons. The van der Waals surface area contributed by atoms with Crippen LogP contribution in [0.15, 0.2) is 48.5 Å². The number of carbonyl (C=O) groups excluding carboxylic acids is 1. The molecule has 0 saturated heterocycles. The normalized spacial score (nSPS) is 13.9. The van der Waals surface area contributed by atoms with Gasteiger partial charge in [0.15, 0.2) is 0 Å². The molecule has 0 spiro atoms. The van der Waals surface area contributed by atoms with Crippen LogP contribution in [0.25, 0.3) is 0 Å². The van der Waals surface area contributed by atoms with Crippen molar-refractivity contribution in [3.05, 3.63) is 65.2 Å². The molecule has 0 radical (unpaired) electrons. The molecular weight excluding hydrogens is 250 g/mol. The van der Waals surface area contributed by atoms with Gasteiger partial charge in [-0.1, -0.05) is 42.5 Å². The Balaban J connectivity index is 1.72. The third-order valence-corrected chi connectivity index (χ3v) is 3.82. The van der Waals surface area contributed by atoms with Crippen LogP contribution in [-0.4, -0.2) is 22.5 Å². The van der Waals surface area contributed by atoms with Crippen LogP contribution >= 0.6 is 0 Å². The van der Waals surface area contributed by atoms with Crippen LogP contribution in [0, 0.1) is 0 Å². The molecule has 0 fully saturated rings. The molecule has 1 amide bonds. The maximum Gasteiger partial charge on any atom is 0.227 e. The SMILES string of the molecule is O=C(Cc1ccccc1O)N1CCc2ccccc2C1. The fraction of sp³-hybridized carbons (Fsp3) is 0.235. The minimum Gasteiger partial charge on any atom is -0.508 e. The lowest BCUT2D eigenvalue weighted by Gasteiger charge is -2.29. The highest BCUT2D eigenvalue weighted by Gasteiger charge is 2.20. The van der Waals surface area contributed by atoms with Gasteiger partial charge < -0.3 is 10.0 Å². The first-order valence-electron chi connectivity index (χ1n) is 6.85. The second-order valence-electron chi connectivity index (χ2n) is 5.14. The minimum atomic E-state index is 0.0704. The molecule has 20 heavy (non-hydrogen) atoms. The van der Waals surface area contributed by atoms with Crippen LogP contribution in [0.5, 0.6) is 5.75 Å². The van der Waals surface area contributed by atoms with Crippen molar-refractivity contribution in [3.63, 3.8) is 0 Å². The van der Waals surface area contributed by atoms with Crippen molar-refractivity contribution in [2.45, 2.75) is 19.4 Å². The van der Waals surface area contributed by atoms with Crippen LogP contribution in [0.2, 0.25) is 0 Å². The molecule has 1 N–H and O–H groups in total. The number of hydrogen-bond donors (Lipinski definition) is 1. The molecule has 0 atom stereocenters. The molecule has 0 aliphatic carbocycles. The van der Waals surface area contributed by atoms with Gasteiger partial charge in [0, 0.05) is 18.7 Å². The van der Waals surface area contributed by atoms with E-state index in [-0.39, 0.29) is 18.1 Å². The number of amides is 1. The molecular formula is C17H17NO2. The lowest BCUT2D eigenvalue weighted by atomic mass is 9.99. The summed E-state index contributed by atoms with van der Waals surface area (Å²) in [6, 6.07) is 15.3. The van der Waals surface area contributed by atoms with E-state index >= 15 is 0 Å². The first-order valence-corrected chi connectivity index (χ1v) is 6.85. The Hall–Kier alpha value is -2.29. The minimum absolute atomic E-state index is 0.0704.